The van der Waals surface area contributed by atoms with E-state index in [-0.39, 0.29) is 0 Å². The molecule has 1 heterocycles. The van der Waals surface area contributed by atoms with Crippen LogP contribution in [-0.4, -0.2) is 15.0 Å². The van der Waals surface area contributed by atoms with Crippen LogP contribution >= 0.6 is 15.9 Å². The standard InChI is InChI=1S/C10H10BrN3/c1-8(11)9-4-2-3-5-10(9)14-12-6-7-13-14/h2-8H,1H3. The average molecular weight is 252 g/mol. The Balaban J connectivity index is 2.53. The SMILES string of the molecule is CC(Br)c1ccccc1-n1nccn1. The lowest BCUT2D eigenvalue weighted by molar-refractivity contribution is 0.742. The van der Waals surface area contributed by atoms with Crippen molar-refractivity contribution in [2.75, 3.05) is 0 Å². The second kappa shape index (κ2) is 3.92. The third-order valence-electron chi connectivity index (χ3n) is 2.00. The van der Waals surface area contributed by atoms with Crippen LogP contribution in [0.1, 0.15) is 17.3 Å². The normalized spacial score (nSPS) is 12.7. The van der Waals surface area contributed by atoms with E-state index in [1.165, 1.54) is 5.56 Å². The van der Waals surface area contributed by atoms with E-state index in [2.05, 4.69) is 39.1 Å². The number of alkyl halides is 1. The summed E-state index contributed by atoms with van der Waals surface area (Å²) < 4.78 is 0. The molecule has 0 saturated heterocycles. The molecule has 1 unspecified atom stereocenters. The van der Waals surface area contributed by atoms with E-state index in [1.54, 1.807) is 17.2 Å². The molecule has 72 valence electrons. The third-order valence-corrected chi connectivity index (χ3v) is 2.49. The highest BCUT2D eigenvalue weighted by atomic mass is 79.9. The van der Waals surface area contributed by atoms with E-state index in [0.29, 0.717) is 4.83 Å². The molecule has 1 aromatic heterocycles. The van der Waals surface area contributed by atoms with E-state index in [1.807, 2.05) is 18.2 Å². The van der Waals surface area contributed by atoms with Gasteiger partial charge in [-0.05, 0) is 18.6 Å². The molecule has 0 amide bonds. The van der Waals surface area contributed by atoms with Crippen LogP contribution in [0.4, 0.5) is 0 Å². The zero-order valence-electron chi connectivity index (χ0n) is 7.76. The van der Waals surface area contributed by atoms with E-state index >= 15 is 0 Å². The number of nitrogens with zero attached hydrogens (tertiary/aromatic N) is 3. The molecule has 1 aromatic carbocycles. The predicted octanol–water partition coefficient (Wildman–Crippen LogP) is 2.72. The molecule has 0 bridgehead atoms. The summed E-state index contributed by atoms with van der Waals surface area (Å²) in [4.78, 5) is 1.93. The summed E-state index contributed by atoms with van der Waals surface area (Å²) in [7, 11) is 0. The van der Waals surface area contributed by atoms with E-state index < -0.39 is 0 Å². The van der Waals surface area contributed by atoms with Crippen LogP contribution in [0.2, 0.25) is 0 Å². The summed E-state index contributed by atoms with van der Waals surface area (Å²) in [5.74, 6) is 0. The molecule has 0 radical (unpaired) electrons. The molecule has 14 heavy (non-hydrogen) atoms. The minimum atomic E-state index is 0.296. The third kappa shape index (κ3) is 1.70. The molecule has 4 heteroatoms. The number of rotatable bonds is 2. The van der Waals surface area contributed by atoms with Crippen molar-refractivity contribution in [1.29, 1.82) is 0 Å². The molecule has 0 aliphatic carbocycles. The van der Waals surface area contributed by atoms with E-state index in [4.69, 9.17) is 0 Å². The summed E-state index contributed by atoms with van der Waals surface area (Å²) in [5, 5.41) is 8.23. The van der Waals surface area contributed by atoms with Crippen LogP contribution in [-0.2, 0) is 0 Å². The van der Waals surface area contributed by atoms with Crippen LogP contribution in [0.3, 0.4) is 0 Å². The second-order valence-electron chi connectivity index (χ2n) is 2.99. The smallest absolute Gasteiger partial charge is 0.0899 e. The monoisotopic (exact) mass is 251 g/mol. The van der Waals surface area contributed by atoms with Gasteiger partial charge in [-0.3, -0.25) is 0 Å². The first-order chi connectivity index (χ1) is 6.79. The van der Waals surface area contributed by atoms with E-state index in [0.717, 1.165) is 5.69 Å². The van der Waals surface area contributed by atoms with Gasteiger partial charge >= 0.3 is 0 Å². The highest BCUT2D eigenvalue weighted by Crippen LogP contribution is 2.26. The number of benzene rings is 1. The Morgan fingerprint density at radius 3 is 2.50 bits per heavy atom. The number of hydrogen-bond acceptors (Lipinski definition) is 2. The first kappa shape index (κ1) is 9.40. The second-order valence-corrected chi connectivity index (χ2v) is 4.37. The van der Waals surface area contributed by atoms with Gasteiger partial charge in [0.1, 0.15) is 0 Å². The van der Waals surface area contributed by atoms with Crippen LogP contribution in [0.25, 0.3) is 5.69 Å². The van der Waals surface area contributed by atoms with Gasteiger partial charge in [-0.2, -0.15) is 15.0 Å². The van der Waals surface area contributed by atoms with E-state index in [9.17, 15) is 0 Å². The van der Waals surface area contributed by atoms with Crippen molar-refractivity contribution in [3.63, 3.8) is 0 Å². The lowest BCUT2D eigenvalue weighted by atomic mass is 10.1. The lowest BCUT2D eigenvalue weighted by Gasteiger charge is -2.09. The van der Waals surface area contributed by atoms with Crippen LogP contribution in [0.5, 0.6) is 0 Å². The Morgan fingerprint density at radius 1 is 1.21 bits per heavy atom. The Labute approximate surface area is 90.9 Å². The van der Waals surface area contributed by atoms with Crippen molar-refractivity contribution in [2.45, 2.75) is 11.8 Å². The zero-order valence-corrected chi connectivity index (χ0v) is 9.35. The minimum Gasteiger partial charge on any atom is -0.157 e. The van der Waals surface area contributed by atoms with Crippen molar-refractivity contribution < 1.29 is 0 Å². The van der Waals surface area contributed by atoms with Gasteiger partial charge in [-0.1, -0.05) is 34.1 Å². The fourth-order valence-corrected chi connectivity index (χ4v) is 1.73. The summed E-state index contributed by atoms with van der Waals surface area (Å²) in [6.45, 7) is 2.09. The zero-order chi connectivity index (χ0) is 9.97. The van der Waals surface area contributed by atoms with Gasteiger partial charge in [0.15, 0.2) is 0 Å². The van der Waals surface area contributed by atoms with Gasteiger partial charge in [0.2, 0.25) is 0 Å². The first-order valence-corrected chi connectivity index (χ1v) is 5.30. The maximum Gasteiger partial charge on any atom is 0.0899 e. The molecule has 0 fully saturated rings. The number of para-hydroxylation sites is 1. The van der Waals surface area contributed by atoms with Gasteiger partial charge in [-0.25, -0.2) is 0 Å². The molecule has 0 spiro atoms. The van der Waals surface area contributed by atoms with Gasteiger partial charge in [0, 0.05) is 4.83 Å². The molecule has 0 aliphatic rings. The molecule has 0 N–H and O–H groups in total. The van der Waals surface area contributed by atoms with Crippen molar-refractivity contribution >= 4 is 15.9 Å². The molecule has 2 aromatic rings. The van der Waals surface area contributed by atoms with Crippen LogP contribution in [0, 0.1) is 0 Å². The van der Waals surface area contributed by atoms with Crippen molar-refractivity contribution in [1.82, 2.24) is 15.0 Å². The van der Waals surface area contributed by atoms with Gasteiger partial charge in [0.25, 0.3) is 0 Å². The minimum absolute atomic E-state index is 0.296. The quantitative estimate of drug-likeness (QED) is 0.769. The average Bonchev–Trinajstić information content (AvgIpc) is 2.70. The van der Waals surface area contributed by atoms with Crippen LogP contribution in [0.15, 0.2) is 36.7 Å². The summed E-state index contributed by atoms with van der Waals surface area (Å²) in [5.41, 5.74) is 2.20. The highest BCUT2D eigenvalue weighted by Gasteiger charge is 2.08. The highest BCUT2D eigenvalue weighted by molar-refractivity contribution is 9.09. The largest absolute Gasteiger partial charge is 0.157 e. The molecular formula is C10H10BrN3. The number of halogens is 1. The van der Waals surface area contributed by atoms with Crippen molar-refractivity contribution in [2.24, 2.45) is 0 Å². The topological polar surface area (TPSA) is 30.7 Å². The Morgan fingerprint density at radius 2 is 1.86 bits per heavy atom. The van der Waals surface area contributed by atoms with Gasteiger partial charge in [-0.15, -0.1) is 0 Å². The van der Waals surface area contributed by atoms with Crippen molar-refractivity contribution in [3.8, 4) is 5.69 Å². The summed E-state index contributed by atoms with van der Waals surface area (Å²) in [6.07, 6.45) is 3.35. The molecule has 2 rings (SSSR count). The molecular weight excluding hydrogens is 242 g/mol. The lowest BCUT2D eigenvalue weighted by Crippen LogP contribution is -2.02. The first-order valence-electron chi connectivity index (χ1n) is 4.38. The van der Waals surface area contributed by atoms with Gasteiger partial charge < -0.3 is 0 Å². The molecule has 0 saturated carbocycles. The molecule has 1 atom stereocenters. The Kier molecular flexibility index (Phi) is 2.63. The molecule has 0 aliphatic heterocycles. The number of aromatic nitrogens is 3. The Bertz CT molecular complexity index is 409. The summed E-state index contributed by atoms with van der Waals surface area (Å²) in [6, 6.07) is 8.07. The summed E-state index contributed by atoms with van der Waals surface area (Å²) >= 11 is 3.55. The molecule has 3 nitrogen and oxygen atoms in total. The van der Waals surface area contributed by atoms with Crippen LogP contribution < -0.4 is 0 Å². The fraction of sp³-hybridized carbons (Fsp3) is 0.200. The number of hydrogen-bond donors (Lipinski definition) is 0. The maximum absolute atomic E-state index is 4.11. The maximum atomic E-state index is 4.11. The van der Waals surface area contributed by atoms with Gasteiger partial charge in [0.05, 0.1) is 18.1 Å². The predicted molar refractivity (Wildman–Crippen MR) is 58.7 cm³/mol. The van der Waals surface area contributed by atoms with Crippen molar-refractivity contribution in [3.05, 3.63) is 42.2 Å². The fourth-order valence-electron chi connectivity index (χ4n) is 1.35. The Hall–Kier alpha value is -1.16.